The molecular weight excluding hydrogens is 401 g/mol. The standard InChI is InChI=1S/C15H11Cl2N5O3S/c1-26(24,25)21-8-18-7-9-13(21)20-6-5-19-15(20)22(14(9)23)12-10(16)3-2-4-11(12)17/h2-7H,8H2,1H3. The number of aromatic nitrogens is 3. The van der Waals surface area contributed by atoms with Crippen LogP contribution in [0.2, 0.25) is 10.0 Å². The summed E-state index contributed by atoms with van der Waals surface area (Å²) in [6.45, 7) is -0.116. The van der Waals surface area contributed by atoms with Gasteiger partial charge in [-0.25, -0.2) is 22.3 Å². The molecule has 0 unspecified atom stereocenters. The minimum absolute atomic E-state index is 0.100. The lowest BCUT2D eigenvalue weighted by molar-refractivity contribution is 0.596. The summed E-state index contributed by atoms with van der Waals surface area (Å²) in [6, 6.07) is 4.86. The first-order valence-electron chi connectivity index (χ1n) is 7.34. The number of para-hydroxylation sites is 1. The lowest BCUT2D eigenvalue weighted by Gasteiger charge is -2.26. The molecule has 0 fully saturated rings. The smallest absolute Gasteiger partial charge is 0.270 e. The van der Waals surface area contributed by atoms with E-state index in [0.717, 1.165) is 10.6 Å². The fourth-order valence-electron chi connectivity index (χ4n) is 2.87. The topological polar surface area (TPSA) is 89.0 Å². The maximum Gasteiger partial charge on any atom is 0.270 e. The molecule has 1 aromatic carbocycles. The largest absolute Gasteiger partial charge is 0.270 e. The molecule has 0 saturated heterocycles. The Labute approximate surface area is 158 Å². The third-order valence-electron chi connectivity index (χ3n) is 3.95. The number of halogens is 2. The minimum atomic E-state index is -3.65. The molecular formula is C15H11Cl2N5O3S. The van der Waals surface area contributed by atoms with Crippen LogP contribution in [0.5, 0.6) is 0 Å². The summed E-state index contributed by atoms with van der Waals surface area (Å²) in [6.07, 6.45) is 5.42. The highest BCUT2D eigenvalue weighted by molar-refractivity contribution is 7.92. The van der Waals surface area contributed by atoms with Gasteiger partial charge in [0.25, 0.3) is 5.56 Å². The quantitative estimate of drug-likeness (QED) is 0.644. The highest BCUT2D eigenvalue weighted by Crippen LogP contribution is 2.31. The van der Waals surface area contributed by atoms with Crippen molar-refractivity contribution in [3.05, 3.63) is 56.6 Å². The number of fused-ring (bicyclic) bond motifs is 3. The summed E-state index contributed by atoms with van der Waals surface area (Å²) in [5.74, 6) is 0.368. The van der Waals surface area contributed by atoms with Crippen LogP contribution < -0.4 is 9.86 Å². The van der Waals surface area contributed by atoms with E-state index in [2.05, 4.69) is 9.98 Å². The summed E-state index contributed by atoms with van der Waals surface area (Å²) in [5, 5.41) is 0.523. The van der Waals surface area contributed by atoms with Crippen LogP contribution in [0.1, 0.15) is 5.56 Å². The van der Waals surface area contributed by atoms with E-state index in [1.165, 1.54) is 21.4 Å². The molecule has 0 aliphatic carbocycles. The number of hydrogen-bond donors (Lipinski definition) is 0. The van der Waals surface area contributed by atoms with Crippen molar-refractivity contribution >= 4 is 51.0 Å². The number of nitrogens with zero attached hydrogens (tertiary/aromatic N) is 5. The van der Waals surface area contributed by atoms with E-state index >= 15 is 0 Å². The van der Waals surface area contributed by atoms with Gasteiger partial charge in [0.2, 0.25) is 15.8 Å². The van der Waals surface area contributed by atoms with Crippen LogP contribution in [-0.2, 0) is 10.0 Å². The van der Waals surface area contributed by atoms with Crippen molar-refractivity contribution in [3.63, 3.8) is 0 Å². The molecule has 26 heavy (non-hydrogen) atoms. The molecule has 1 aliphatic rings. The minimum Gasteiger partial charge on any atom is -0.270 e. The Morgan fingerprint density at radius 2 is 1.88 bits per heavy atom. The van der Waals surface area contributed by atoms with Gasteiger partial charge in [0.05, 0.1) is 22.0 Å². The molecule has 3 aromatic rings. The fraction of sp³-hybridized carbons (Fsp3) is 0.133. The molecule has 0 atom stereocenters. The van der Waals surface area contributed by atoms with Crippen LogP contribution >= 0.6 is 23.2 Å². The van der Waals surface area contributed by atoms with Crippen molar-refractivity contribution in [3.8, 4) is 5.69 Å². The summed E-state index contributed by atoms with van der Waals surface area (Å²) >= 11 is 12.5. The molecule has 0 radical (unpaired) electrons. The molecule has 8 nitrogen and oxygen atoms in total. The Balaban J connectivity index is 2.19. The van der Waals surface area contributed by atoms with Gasteiger partial charge in [0.1, 0.15) is 18.1 Å². The van der Waals surface area contributed by atoms with E-state index in [4.69, 9.17) is 23.2 Å². The summed E-state index contributed by atoms with van der Waals surface area (Å²) < 4.78 is 28.1. The number of anilines is 1. The van der Waals surface area contributed by atoms with Crippen molar-refractivity contribution in [1.82, 2.24) is 14.0 Å². The van der Waals surface area contributed by atoms with Crippen molar-refractivity contribution in [2.45, 2.75) is 0 Å². The molecule has 2 aromatic heterocycles. The van der Waals surface area contributed by atoms with E-state index in [0.29, 0.717) is 0 Å². The van der Waals surface area contributed by atoms with E-state index < -0.39 is 15.6 Å². The zero-order valence-corrected chi connectivity index (χ0v) is 15.6. The van der Waals surface area contributed by atoms with Gasteiger partial charge in [-0.05, 0) is 12.1 Å². The SMILES string of the molecule is CS(=O)(=O)N1CN=Cc2c1n1ccnc1n(-c1c(Cl)cccc1Cl)c2=O. The van der Waals surface area contributed by atoms with Crippen LogP contribution in [0.25, 0.3) is 11.5 Å². The molecule has 4 rings (SSSR count). The van der Waals surface area contributed by atoms with Gasteiger partial charge in [-0.2, -0.15) is 0 Å². The molecule has 134 valence electrons. The molecule has 0 N–H and O–H groups in total. The second kappa shape index (κ2) is 5.83. The highest BCUT2D eigenvalue weighted by atomic mass is 35.5. The Hall–Kier alpha value is -2.36. The van der Waals surface area contributed by atoms with Gasteiger partial charge >= 0.3 is 0 Å². The Kier molecular flexibility index (Phi) is 3.83. The fourth-order valence-corrected chi connectivity index (χ4v) is 4.21. The predicted molar refractivity (Wildman–Crippen MR) is 101 cm³/mol. The van der Waals surface area contributed by atoms with Crippen LogP contribution in [0.15, 0.2) is 40.4 Å². The van der Waals surface area contributed by atoms with Crippen molar-refractivity contribution < 1.29 is 8.42 Å². The van der Waals surface area contributed by atoms with E-state index in [1.807, 2.05) is 0 Å². The predicted octanol–water partition coefficient (Wildman–Crippen LogP) is 1.95. The van der Waals surface area contributed by atoms with Gasteiger partial charge in [-0.3, -0.25) is 14.2 Å². The van der Waals surface area contributed by atoms with Gasteiger partial charge in [-0.15, -0.1) is 0 Å². The normalized spacial score (nSPS) is 14.0. The average Bonchev–Trinajstić information content (AvgIpc) is 3.05. The molecule has 0 bridgehead atoms. The van der Waals surface area contributed by atoms with Gasteiger partial charge < -0.3 is 0 Å². The van der Waals surface area contributed by atoms with Gasteiger partial charge in [-0.1, -0.05) is 29.3 Å². The summed E-state index contributed by atoms with van der Waals surface area (Å²) in [5.41, 5.74) is -0.154. The highest BCUT2D eigenvalue weighted by Gasteiger charge is 2.30. The second-order valence-electron chi connectivity index (χ2n) is 5.61. The maximum atomic E-state index is 13.2. The first-order valence-corrected chi connectivity index (χ1v) is 9.95. The molecule has 11 heteroatoms. The summed E-state index contributed by atoms with van der Waals surface area (Å²) in [4.78, 5) is 21.4. The van der Waals surface area contributed by atoms with E-state index in [-0.39, 0.29) is 39.6 Å². The third-order valence-corrected chi connectivity index (χ3v) is 5.65. The zero-order valence-electron chi connectivity index (χ0n) is 13.3. The zero-order chi connectivity index (χ0) is 18.6. The van der Waals surface area contributed by atoms with Crippen LogP contribution in [-0.4, -0.2) is 41.5 Å². The number of rotatable bonds is 2. The monoisotopic (exact) mass is 411 g/mol. The Bertz CT molecular complexity index is 1230. The van der Waals surface area contributed by atoms with Gasteiger partial charge in [0.15, 0.2) is 0 Å². The van der Waals surface area contributed by atoms with Gasteiger partial charge in [0, 0.05) is 18.6 Å². The average molecular weight is 412 g/mol. The Morgan fingerprint density at radius 1 is 1.19 bits per heavy atom. The van der Waals surface area contributed by atoms with Crippen LogP contribution in [0.3, 0.4) is 0 Å². The van der Waals surface area contributed by atoms with Crippen molar-refractivity contribution in [1.29, 1.82) is 0 Å². The Morgan fingerprint density at radius 3 is 2.54 bits per heavy atom. The third kappa shape index (κ3) is 2.43. The number of imidazole rings is 1. The lowest BCUT2D eigenvalue weighted by Crippen LogP contribution is -2.39. The number of sulfonamides is 1. The number of aliphatic imine (C=N–C) groups is 1. The molecule has 1 aliphatic heterocycles. The maximum absolute atomic E-state index is 13.2. The molecule has 0 saturated carbocycles. The molecule has 0 spiro atoms. The van der Waals surface area contributed by atoms with E-state index in [9.17, 15) is 13.2 Å². The summed E-state index contributed by atoms with van der Waals surface area (Å²) in [7, 11) is -3.65. The first kappa shape index (κ1) is 17.1. The van der Waals surface area contributed by atoms with Crippen LogP contribution in [0.4, 0.5) is 5.82 Å². The number of hydrogen-bond acceptors (Lipinski definition) is 5. The first-order chi connectivity index (χ1) is 12.3. The number of benzene rings is 1. The van der Waals surface area contributed by atoms with Crippen molar-refractivity contribution in [2.75, 3.05) is 17.2 Å². The van der Waals surface area contributed by atoms with Crippen LogP contribution in [0, 0.1) is 0 Å². The van der Waals surface area contributed by atoms with E-state index in [1.54, 1.807) is 24.4 Å². The van der Waals surface area contributed by atoms with Crippen molar-refractivity contribution in [2.24, 2.45) is 4.99 Å². The lowest BCUT2D eigenvalue weighted by atomic mass is 10.2. The second-order valence-corrected chi connectivity index (χ2v) is 8.33. The molecule has 3 heterocycles. The molecule has 0 amide bonds.